The maximum absolute atomic E-state index is 13.1. The molecule has 2 atom stereocenters. The summed E-state index contributed by atoms with van der Waals surface area (Å²) < 4.78 is 7.74. The molecule has 0 saturated heterocycles. The summed E-state index contributed by atoms with van der Waals surface area (Å²) in [5.74, 6) is 0.694. The normalized spacial score (nSPS) is 13.2. The number of fused-ring (bicyclic) bond motifs is 1. The van der Waals surface area contributed by atoms with Crippen LogP contribution >= 0.6 is 0 Å². The van der Waals surface area contributed by atoms with Gasteiger partial charge in [-0.15, -0.1) is 0 Å². The average molecular weight is 484 g/mol. The Morgan fingerprint density at radius 2 is 1.61 bits per heavy atom. The molecule has 0 radical (unpaired) electrons. The van der Waals surface area contributed by atoms with Gasteiger partial charge in [-0.25, -0.2) is 9.97 Å². The summed E-state index contributed by atoms with van der Waals surface area (Å²) in [4.78, 5) is 22.8. The molecule has 2 unspecified atom stereocenters. The zero-order chi connectivity index (χ0) is 25.8. The number of nitrogens with zero attached hydrogens (tertiary/aromatic N) is 3. The number of carbonyl (C=O) groups is 1. The number of aromatic nitrogens is 3. The molecule has 4 rings (SSSR count). The highest BCUT2D eigenvalue weighted by molar-refractivity contribution is 5.76. The smallest absolute Gasteiger partial charge is 0.310 e. The van der Waals surface area contributed by atoms with Crippen molar-refractivity contribution in [2.24, 2.45) is 11.8 Å². The Hall–Kier alpha value is -3.47. The molecule has 2 aromatic carbocycles. The molecule has 0 aliphatic rings. The van der Waals surface area contributed by atoms with E-state index in [9.17, 15) is 4.79 Å². The summed E-state index contributed by atoms with van der Waals surface area (Å²) in [5, 5.41) is 0. The van der Waals surface area contributed by atoms with E-state index in [0.29, 0.717) is 13.2 Å². The summed E-state index contributed by atoms with van der Waals surface area (Å²) in [6.45, 7) is 13.4. The van der Waals surface area contributed by atoms with Crippen LogP contribution in [0.1, 0.15) is 67.4 Å². The highest BCUT2D eigenvalue weighted by Gasteiger charge is 2.34. The van der Waals surface area contributed by atoms with Gasteiger partial charge in [0, 0.05) is 18.0 Å². The minimum Gasteiger partial charge on any atom is -0.466 e. The van der Waals surface area contributed by atoms with Crippen molar-refractivity contribution >= 4 is 17.1 Å². The molecule has 2 heterocycles. The minimum absolute atomic E-state index is 0.0773. The first-order chi connectivity index (χ1) is 17.3. The van der Waals surface area contributed by atoms with Crippen LogP contribution < -0.4 is 0 Å². The fraction of sp³-hybridized carbons (Fsp3) is 0.387. The molecule has 2 aromatic heterocycles. The van der Waals surface area contributed by atoms with Crippen molar-refractivity contribution in [2.75, 3.05) is 6.61 Å². The van der Waals surface area contributed by atoms with Crippen LogP contribution in [0, 0.1) is 25.7 Å². The van der Waals surface area contributed by atoms with Crippen LogP contribution in [0.4, 0.5) is 0 Å². The zero-order valence-electron chi connectivity index (χ0n) is 22.3. The topological polar surface area (TPSA) is 57.0 Å². The molecule has 0 bridgehead atoms. The Morgan fingerprint density at radius 1 is 0.944 bits per heavy atom. The molecule has 0 spiro atoms. The third-order valence-electron chi connectivity index (χ3n) is 6.89. The first-order valence-electron chi connectivity index (χ1n) is 13.0. The van der Waals surface area contributed by atoms with Gasteiger partial charge in [0.05, 0.1) is 19.1 Å². The summed E-state index contributed by atoms with van der Waals surface area (Å²) >= 11 is 0. The van der Waals surface area contributed by atoms with E-state index in [1.807, 2.05) is 32.0 Å². The van der Waals surface area contributed by atoms with Gasteiger partial charge in [-0.1, -0.05) is 75.4 Å². The van der Waals surface area contributed by atoms with E-state index < -0.39 is 0 Å². The van der Waals surface area contributed by atoms with Crippen molar-refractivity contribution in [1.82, 2.24) is 14.5 Å². The number of esters is 1. The second-order valence-corrected chi connectivity index (χ2v) is 9.87. The summed E-state index contributed by atoms with van der Waals surface area (Å²) in [7, 11) is 0. The lowest BCUT2D eigenvalue weighted by atomic mass is 9.75. The third-order valence-corrected chi connectivity index (χ3v) is 6.89. The molecule has 0 aliphatic carbocycles. The van der Waals surface area contributed by atoms with E-state index in [-0.39, 0.29) is 23.7 Å². The summed E-state index contributed by atoms with van der Waals surface area (Å²) in [5.41, 5.74) is 7.51. The van der Waals surface area contributed by atoms with Gasteiger partial charge in [0.2, 0.25) is 0 Å². The largest absolute Gasteiger partial charge is 0.466 e. The highest BCUT2D eigenvalue weighted by atomic mass is 16.5. The Morgan fingerprint density at radius 3 is 2.22 bits per heavy atom. The standard InChI is InChI=1S/C31H37N3O2/c1-7-26-33-29-21(5)18-22(6)32-30(29)34(26)19-23-14-16-25(17-15-23)28(24-12-10-9-11-13-24)27(20(3)4)31(35)36-8-2/h9-18,20,27-28H,7-8,19H2,1-6H3. The van der Waals surface area contributed by atoms with Gasteiger partial charge < -0.3 is 9.30 Å². The first-order valence-corrected chi connectivity index (χ1v) is 13.0. The van der Waals surface area contributed by atoms with Crippen molar-refractivity contribution in [3.05, 3.63) is 94.4 Å². The fourth-order valence-corrected chi connectivity index (χ4v) is 5.20. The maximum Gasteiger partial charge on any atom is 0.310 e. The summed E-state index contributed by atoms with van der Waals surface area (Å²) in [6.07, 6.45) is 0.846. The number of imidazole rings is 1. The second kappa shape index (κ2) is 11.1. The molecule has 5 nitrogen and oxygen atoms in total. The van der Waals surface area contributed by atoms with Crippen LogP contribution in [-0.4, -0.2) is 27.1 Å². The van der Waals surface area contributed by atoms with E-state index in [1.54, 1.807) is 0 Å². The highest BCUT2D eigenvalue weighted by Crippen LogP contribution is 2.37. The van der Waals surface area contributed by atoms with Gasteiger partial charge in [-0.2, -0.15) is 0 Å². The third kappa shape index (κ3) is 5.20. The molecular weight excluding hydrogens is 446 g/mol. The Kier molecular flexibility index (Phi) is 7.88. The number of hydrogen-bond acceptors (Lipinski definition) is 4. The van der Waals surface area contributed by atoms with Crippen LogP contribution in [0.2, 0.25) is 0 Å². The molecule has 0 fully saturated rings. The molecular formula is C31H37N3O2. The van der Waals surface area contributed by atoms with Crippen molar-refractivity contribution < 1.29 is 9.53 Å². The maximum atomic E-state index is 13.1. The lowest BCUT2D eigenvalue weighted by Gasteiger charge is -2.29. The van der Waals surface area contributed by atoms with E-state index in [1.165, 1.54) is 5.56 Å². The van der Waals surface area contributed by atoms with Crippen molar-refractivity contribution in [3.63, 3.8) is 0 Å². The number of ether oxygens (including phenoxy) is 1. The fourth-order valence-electron chi connectivity index (χ4n) is 5.20. The van der Waals surface area contributed by atoms with Gasteiger partial charge in [0.1, 0.15) is 11.3 Å². The van der Waals surface area contributed by atoms with Crippen LogP contribution in [0.3, 0.4) is 0 Å². The van der Waals surface area contributed by atoms with E-state index in [4.69, 9.17) is 14.7 Å². The van der Waals surface area contributed by atoms with Gasteiger partial charge in [0.15, 0.2) is 5.65 Å². The molecule has 0 saturated carbocycles. The quantitative estimate of drug-likeness (QED) is 0.251. The lowest BCUT2D eigenvalue weighted by molar-refractivity contribution is -0.150. The van der Waals surface area contributed by atoms with E-state index in [0.717, 1.165) is 45.8 Å². The number of carbonyl (C=O) groups excluding carboxylic acids is 1. The number of pyridine rings is 1. The molecule has 188 valence electrons. The van der Waals surface area contributed by atoms with E-state index >= 15 is 0 Å². The second-order valence-electron chi connectivity index (χ2n) is 9.87. The van der Waals surface area contributed by atoms with Crippen molar-refractivity contribution in [1.29, 1.82) is 0 Å². The number of aryl methyl sites for hydroxylation is 3. The van der Waals surface area contributed by atoms with Crippen LogP contribution in [0.15, 0.2) is 60.7 Å². The minimum atomic E-state index is -0.266. The van der Waals surface area contributed by atoms with Crippen molar-refractivity contribution in [3.8, 4) is 0 Å². The molecule has 0 amide bonds. The summed E-state index contributed by atoms with van der Waals surface area (Å²) in [6, 6.07) is 21.0. The SMILES string of the molecule is CCOC(=O)C(C(C)C)C(c1ccccc1)c1ccc(Cn2c(CC)nc3c(C)cc(C)nc32)cc1. The molecule has 36 heavy (non-hydrogen) atoms. The number of hydrogen-bond donors (Lipinski definition) is 0. The monoisotopic (exact) mass is 483 g/mol. The van der Waals surface area contributed by atoms with Gasteiger partial charge in [-0.05, 0) is 55.0 Å². The Balaban J connectivity index is 1.72. The van der Waals surface area contributed by atoms with Gasteiger partial charge in [0.25, 0.3) is 0 Å². The van der Waals surface area contributed by atoms with E-state index in [2.05, 4.69) is 74.7 Å². The lowest BCUT2D eigenvalue weighted by Crippen LogP contribution is -2.30. The first kappa shape index (κ1) is 25.6. The molecule has 5 heteroatoms. The molecule has 0 aliphatic heterocycles. The Bertz CT molecular complexity index is 1320. The van der Waals surface area contributed by atoms with Crippen LogP contribution in [0.5, 0.6) is 0 Å². The van der Waals surface area contributed by atoms with Gasteiger partial charge >= 0.3 is 5.97 Å². The zero-order valence-corrected chi connectivity index (χ0v) is 22.3. The number of benzene rings is 2. The van der Waals surface area contributed by atoms with Gasteiger partial charge in [-0.3, -0.25) is 4.79 Å². The average Bonchev–Trinajstić information content (AvgIpc) is 3.21. The van der Waals surface area contributed by atoms with Crippen LogP contribution in [0.25, 0.3) is 11.2 Å². The predicted octanol–water partition coefficient (Wildman–Crippen LogP) is 6.63. The molecule has 0 N–H and O–H groups in total. The predicted molar refractivity (Wildman–Crippen MR) is 145 cm³/mol. The number of rotatable bonds is 9. The van der Waals surface area contributed by atoms with Crippen LogP contribution in [-0.2, 0) is 22.5 Å². The van der Waals surface area contributed by atoms with Crippen molar-refractivity contribution in [2.45, 2.75) is 60.4 Å². The molecule has 4 aromatic rings. The Labute approximate surface area is 214 Å².